The number of hydrogen-bond acceptors (Lipinski definition) is 3. The molecule has 15 heavy (non-hydrogen) atoms. The third-order valence-electron chi connectivity index (χ3n) is 3.23. The Morgan fingerprint density at radius 1 is 1.47 bits per heavy atom. The Bertz CT molecular complexity index is 222. The first-order valence-electron chi connectivity index (χ1n) is 5.62. The fourth-order valence-corrected chi connectivity index (χ4v) is 2.50. The number of ether oxygens (including phenoxy) is 1. The quantitative estimate of drug-likeness (QED) is 0.769. The summed E-state index contributed by atoms with van der Waals surface area (Å²) in [6, 6.07) is 0.254. The van der Waals surface area contributed by atoms with Gasteiger partial charge in [0.1, 0.15) is 5.54 Å². The van der Waals surface area contributed by atoms with Crippen molar-refractivity contribution in [3.05, 3.63) is 0 Å². The molecule has 0 aromatic carbocycles. The minimum absolute atomic E-state index is 0.254. The predicted octanol–water partition coefficient (Wildman–Crippen LogP) is 1.35. The van der Waals surface area contributed by atoms with Crippen LogP contribution in [0.15, 0.2) is 0 Å². The van der Waals surface area contributed by atoms with Gasteiger partial charge in [-0.1, -0.05) is 6.92 Å². The molecule has 0 saturated carbocycles. The van der Waals surface area contributed by atoms with E-state index in [1.54, 1.807) is 0 Å². The summed E-state index contributed by atoms with van der Waals surface area (Å²) in [6.45, 7) is 7.97. The molecule has 1 saturated heterocycles. The van der Waals surface area contributed by atoms with Crippen molar-refractivity contribution < 1.29 is 14.6 Å². The van der Waals surface area contributed by atoms with Gasteiger partial charge in [0.05, 0.1) is 0 Å². The summed E-state index contributed by atoms with van der Waals surface area (Å²) in [5.41, 5.74) is -0.707. The van der Waals surface area contributed by atoms with Crippen LogP contribution in [0.1, 0.15) is 33.6 Å². The topological polar surface area (TPSA) is 49.8 Å². The van der Waals surface area contributed by atoms with E-state index in [9.17, 15) is 9.90 Å². The van der Waals surface area contributed by atoms with Crippen LogP contribution >= 0.6 is 0 Å². The minimum Gasteiger partial charge on any atom is -0.480 e. The summed E-state index contributed by atoms with van der Waals surface area (Å²) in [4.78, 5) is 13.6. The Labute approximate surface area is 91.2 Å². The van der Waals surface area contributed by atoms with Crippen LogP contribution in [0.2, 0.25) is 0 Å². The van der Waals surface area contributed by atoms with Crippen molar-refractivity contribution in [2.45, 2.75) is 45.2 Å². The highest BCUT2D eigenvalue weighted by Crippen LogP contribution is 2.29. The number of likely N-dealkylation sites (N-methyl/N-ethyl adjacent to an activating group) is 1. The molecule has 0 bridgehead atoms. The molecule has 1 rings (SSSR count). The number of nitrogens with zero attached hydrogens (tertiary/aromatic N) is 1. The number of carbonyl (C=O) groups is 1. The van der Waals surface area contributed by atoms with Gasteiger partial charge >= 0.3 is 5.97 Å². The van der Waals surface area contributed by atoms with Crippen LogP contribution in [-0.2, 0) is 9.53 Å². The van der Waals surface area contributed by atoms with E-state index in [1.807, 2.05) is 20.8 Å². The molecular weight excluding hydrogens is 194 g/mol. The molecule has 1 fully saturated rings. The SMILES string of the molecule is CCN(C(C)C)C1(C(=O)O)CCOCC1. The second kappa shape index (κ2) is 4.94. The Balaban J connectivity index is 2.92. The summed E-state index contributed by atoms with van der Waals surface area (Å²) >= 11 is 0. The van der Waals surface area contributed by atoms with Crippen LogP contribution in [0.3, 0.4) is 0 Å². The van der Waals surface area contributed by atoms with Crippen molar-refractivity contribution in [2.75, 3.05) is 19.8 Å². The van der Waals surface area contributed by atoms with Gasteiger partial charge in [-0.3, -0.25) is 9.69 Å². The zero-order chi connectivity index (χ0) is 11.5. The summed E-state index contributed by atoms with van der Waals surface area (Å²) in [6.07, 6.45) is 1.18. The molecule has 1 N–H and O–H groups in total. The third kappa shape index (κ3) is 2.32. The Kier molecular flexibility index (Phi) is 4.11. The maximum Gasteiger partial charge on any atom is 0.324 e. The first kappa shape index (κ1) is 12.5. The number of carboxylic acid groups (broad SMARTS) is 1. The lowest BCUT2D eigenvalue weighted by atomic mass is 9.87. The molecule has 0 atom stereocenters. The van der Waals surface area contributed by atoms with E-state index in [0.29, 0.717) is 26.1 Å². The maximum absolute atomic E-state index is 11.5. The lowest BCUT2D eigenvalue weighted by molar-refractivity contribution is -0.160. The summed E-state index contributed by atoms with van der Waals surface area (Å²) < 4.78 is 5.26. The fourth-order valence-electron chi connectivity index (χ4n) is 2.50. The molecule has 0 radical (unpaired) electrons. The minimum atomic E-state index is -0.707. The van der Waals surface area contributed by atoms with Crippen molar-refractivity contribution in [3.63, 3.8) is 0 Å². The van der Waals surface area contributed by atoms with Gasteiger partial charge in [0.2, 0.25) is 0 Å². The van der Waals surface area contributed by atoms with Crippen LogP contribution < -0.4 is 0 Å². The third-order valence-corrected chi connectivity index (χ3v) is 3.23. The molecule has 0 aliphatic carbocycles. The largest absolute Gasteiger partial charge is 0.480 e. The molecule has 4 nitrogen and oxygen atoms in total. The van der Waals surface area contributed by atoms with Crippen molar-refractivity contribution in [1.82, 2.24) is 4.90 Å². The zero-order valence-electron chi connectivity index (χ0n) is 9.82. The van der Waals surface area contributed by atoms with E-state index in [2.05, 4.69) is 4.90 Å². The van der Waals surface area contributed by atoms with Crippen molar-refractivity contribution in [2.24, 2.45) is 0 Å². The van der Waals surface area contributed by atoms with Gasteiger partial charge in [-0.15, -0.1) is 0 Å². The zero-order valence-corrected chi connectivity index (χ0v) is 9.82. The molecule has 1 aliphatic rings. The standard InChI is InChI=1S/C11H21NO3/c1-4-12(9(2)3)11(10(13)14)5-7-15-8-6-11/h9H,4-8H2,1-3H3,(H,13,14). The van der Waals surface area contributed by atoms with Crippen LogP contribution in [0, 0.1) is 0 Å². The average Bonchev–Trinajstić information content (AvgIpc) is 2.19. The molecule has 0 amide bonds. The highest BCUT2D eigenvalue weighted by Gasteiger charge is 2.45. The first-order chi connectivity index (χ1) is 7.04. The van der Waals surface area contributed by atoms with Gasteiger partial charge in [0, 0.05) is 19.3 Å². The van der Waals surface area contributed by atoms with Crippen LogP contribution in [0.5, 0.6) is 0 Å². The van der Waals surface area contributed by atoms with E-state index in [-0.39, 0.29) is 6.04 Å². The summed E-state index contributed by atoms with van der Waals surface area (Å²) in [5.74, 6) is -0.707. The molecule has 1 aliphatic heterocycles. The summed E-state index contributed by atoms with van der Waals surface area (Å²) in [5, 5.41) is 9.44. The van der Waals surface area contributed by atoms with Crippen molar-refractivity contribution in [3.8, 4) is 0 Å². The van der Waals surface area contributed by atoms with Gasteiger partial charge in [0.15, 0.2) is 0 Å². The molecule has 4 heteroatoms. The van der Waals surface area contributed by atoms with E-state index >= 15 is 0 Å². The van der Waals surface area contributed by atoms with Gasteiger partial charge in [-0.2, -0.15) is 0 Å². The highest BCUT2D eigenvalue weighted by molar-refractivity contribution is 5.79. The van der Waals surface area contributed by atoms with Gasteiger partial charge in [-0.25, -0.2) is 0 Å². The maximum atomic E-state index is 11.5. The van der Waals surface area contributed by atoms with Gasteiger partial charge < -0.3 is 9.84 Å². The Morgan fingerprint density at radius 2 is 2.00 bits per heavy atom. The average molecular weight is 215 g/mol. The molecule has 0 unspecified atom stereocenters. The highest BCUT2D eigenvalue weighted by atomic mass is 16.5. The predicted molar refractivity (Wildman–Crippen MR) is 57.9 cm³/mol. The number of carboxylic acids is 1. The van der Waals surface area contributed by atoms with Crippen molar-refractivity contribution in [1.29, 1.82) is 0 Å². The summed E-state index contributed by atoms with van der Waals surface area (Å²) in [7, 11) is 0. The van der Waals surface area contributed by atoms with Crippen molar-refractivity contribution >= 4 is 5.97 Å². The molecule has 0 aromatic heterocycles. The van der Waals surface area contributed by atoms with E-state index in [1.165, 1.54) is 0 Å². The van der Waals surface area contributed by atoms with E-state index in [0.717, 1.165) is 6.54 Å². The van der Waals surface area contributed by atoms with E-state index < -0.39 is 11.5 Å². The van der Waals surface area contributed by atoms with Crippen LogP contribution in [0.25, 0.3) is 0 Å². The molecular formula is C11H21NO3. The lowest BCUT2D eigenvalue weighted by Crippen LogP contribution is -2.59. The molecule has 0 aromatic rings. The molecule has 0 spiro atoms. The first-order valence-corrected chi connectivity index (χ1v) is 5.62. The van der Waals surface area contributed by atoms with Gasteiger partial charge in [-0.05, 0) is 33.2 Å². The monoisotopic (exact) mass is 215 g/mol. The Morgan fingerprint density at radius 3 is 2.33 bits per heavy atom. The Hall–Kier alpha value is -0.610. The van der Waals surface area contributed by atoms with Crippen LogP contribution in [-0.4, -0.2) is 47.3 Å². The fraction of sp³-hybridized carbons (Fsp3) is 0.909. The molecule has 1 heterocycles. The second-order valence-electron chi connectivity index (χ2n) is 4.33. The second-order valence-corrected chi connectivity index (χ2v) is 4.33. The smallest absolute Gasteiger partial charge is 0.324 e. The number of rotatable bonds is 4. The number of hydrogen-bond donors (Lipinski definition) is 1. The number of aliphatic carboxylic acids is 1. The molecule has 88 valence electrons. The van der Waals surface area contributed by atoms with E-state index in [4.69, 9.17) is 4.74 Å². The lowest BCUT2D eigenvalue weighted by Gasteiger charge is -2.44. The van der Waals surface area contributed by atoms with Crippen LogP contribution in [0.4, 0.5) is 0 Å². The van der Waals surface area contributed by atoms with Gasteiger partial charge in [0.25, 0.3) is 0 Å². The normalized spacial score (nSPS) is 20.9.